The van der Waals surface area contributed by atoms with Crippen molar-refractivity contribution in [3.63, 3.8) is 0 Å². The van der Waals surface area contributed by atoms with Gasteiger partial charge in [-0.1, -0.05) is 32.4 Å². The lowest BCUT2D eigenvalue weighted by Gasteiger charge is -2.24. The maximum Gasteiger partial charge on any atom is 0.0500 e. The standard InChI is InChI=1S/C12H17N/c1-4-9-12(3,5-2)11-8-6-7-10-13-11/h5-8,10H,2,4,9H2,1,3H3. The normalized spacial score (nSPS) is 14.9. The molecular weight excluding hydrogens is 158 g/mol. The van der Waals surface area contributed by atoms with Gasteiger partial charge in [-0.3, -0.25) is 4.98 Å². The average Bonchev–Trinajstić information content (AvgIpc) is 2.19. The highest BCUT2D eigenvalue weighted by Gasteiger charge is 2.22. The van der Waals surface area contributed by atoms with E-state index in [1.807, 2.05) is 24.4 Å². The lowest BCUT2D eigenvalue weighted by Crippen LogP contribution is -2.19. The molecule has 0 saturated heterocycles. The molecule has 1 atom stereocenters. The van der Waals surface area contributed by atoms with E-state index in [0.717, 1.165) is 18.5 Å². The first-order valence-electron chi connectivity index (χ1n) is 4.78. The maximum absolute atomic E-state index is 4.37. The van der Waals surface area contributed by atoms with Crippen LogP contribution in [0.3, 0.4) is 0 Å². The van der Waals surface area contributed by atoms with E-state index in [2.05, 4.69) is 31.5 Å². The van der Waals surface area contributed by atoms with Crippen LogP contribution in [0.15, 0.2) is 37.1 Å². The van der Waals surface area contributed by atoms with Crippen LogP contribution < -0.4 is 0 Å². The van der Waals surface area contributed by atoms with Crippen molar-refractivity contribution in [2.24, 2.45) is 0 Å². The minimum absolute atomic E-state index is 0.0377. The monoisotopic (exact) mass is 175 g/mol. The number of nitrogens with zero attached hydrogens (tertiary/aromatic N) is 1. The van der Waals surface area contributed by atoms with E-state index >= 15 is 0 Å². The Morgan fingerprint density at radius 3 is 2.77 bits per heavy atom. The molecule has 0 aliphatic carbocycles. The molecule has 13 heavy (non-hydrogen) atoms. The molecule has 0 radical (unpaired) electrons. The van der Waals surface area contributed by atoms with E-state index < -0.39 is 0 Å². The summed E-state index contributed by atoms with van der Waals surface area (Å²) in [5.41, 5.74) is 1.16. The number of aromatic nitrogens is 1. The molecule has 1 nitrogen and oxygen atoms in total. The van der Waals surface area contributed by atoms with Gasteiger partial charge >= 0.3 is 0 Å². The zero-order chi connectivity index (χ0) is 9.73. The minimum atomic E-state index is 0.0377. The molecule has 70 valence electrons. The van der Waals surface area contributed by atoms with Crippen molar-refractivity contribution in [2.45, 2.75) is 32.1 Å². The van der Waals surface area contributed by atoms with Gasteiger partial charge in [-0.05, 0) is 18.6 Å². The average molecular weight is 175 g/mol. The molecule has 1 rings (SSSR count). The van der Waals surface area contributed by atoms with Crippen molar-refractivity contribution >= 4 is 0 Å². The highest BCUT2D eigenvalue weighted by Crippen LogP contribution is 2.27. The van der Waals surface area contributed by atoms with Gasteiger partial charge in [-0.15, -0.1) is 6.58 Å². The molecule has 0 aliphatic rings. The van der Waals surface area contributed by atoms with Crippen LogP contribution in [-0.2, 0) is 5.41 Å². The Kier molecular flexibility index (Phi) is 3.24. The molecule has 0 fully saturated rings. The molecule has 0 spiro atoms. The van der Waals surface area contributed by atoms with Crippen molar-refractivity contribution in [1.29, 1.82) is 0 Å². The van der Waals surface area contributed by atoms with E-state index in [1.54, 1.807) is 0 Å². The molecule has 0 aliphatic heterocycles. The lowest BCUT2D eigenvalue weighted by atomic mass is 9.82. The smallest absolute Gasteiger partial charge is 0.0500 e. The van der Waals surface area contributed by atoms with Crippen LogP contribution in [0.2, 0.25) is 0 Å². The third kappa shape index (κ3) is 2.18. The fraction of sp³-hybridized carbons (Fsp3) is 0.417. The van der Waals surface area contributed by atoms with E-state index in [1.165, 1.54) is 0 Å². The molecule has 0 amide bonds. The van der Waals surface area contributed by atoms with E-state index in [-0.39, 0.29) is 5.41 Å². The zero-order valence-electron chi connectivity index (χ0n) is 8.46. The van der Waals surface area contributed by atoms with E-state index in [9.17, 15) is 0 Å². The topological polar surface area (TPSA) is 12.9 Å². The molecule has 1 heterocycles. The zero-order valence-corrected chi connectivity index (χ0v) is 8.46. The third-order valence-corrected chi connectivity index (χ3v) is 2.47. The van der Waals surface area contributed by atoms with Gasteiger partial charge in [0.15, 0.2) is 0 Å². The fourth-order valence-electron chi connectivity index (χ4n) is 1.55. The Labute approximate surface area is 80.5 Å². The molecule has 1 unspecified atom stereocenters. The Morgan fingerprint density at radius 2 is 2.31 bits per heavy atom. The van der Waals surface area contributed by atoms with Crippen LogP contribution >= 0.6 is 0 Å². The van der Waals surface area contributed by atoms with Gasteiger partial charge in [0.2, 0.25) is 0 Å². The first-order valence-corrected chi connectivity index (χ1v) is 4.78. The summed E-state index contributed by atoms with van der Waals surface area (Å²) in [7, 11) is 0. The molecule has 0 N–H and O–H groups in total. The third-order valence-electron chi connectivity index (χ3n) is 2.47. The first kappa shape index (κ1) is 9.97. The number of allylic oxidation sites excluding steroid dienone is 1. The van der Waals surface area contributed by atoms with Crippen molar-refractivity contribution in [3.8, 4) is 0 Å². The summed E-state index contributed by atoms with van der Waals surface area (Å²) < 4.78 is 0. The lowest BCUT2D eigenvalue weighted by molar-refractivity contribution is 0.517. The molecule has 0 saturated carbocycles. The van der Waals surface area contributed by atoms with Gasteiger partial charge in [0.25, 0.3) is 0 Å². The van der Waals surface area contributed by atoms with Gasteiger partial charge in [-0.2, -0.15) is 0 Å². The Bertz CT molecular complexity index is 266. The molecule has 1 aromatic rings. The van der Waals surface area contributed by atoms with Crippen LogP contribution in [0, 0.1) is 0 Å². The largest absolute Gasteiger partial charge is 0.260 e. The predicted octanol–water partition coefficient (Wildman–Crippen LogP) is 3.33. The van der Waals surface area contributed by atoms with Crippen molar-refractivity contribution < 1.29 is 0 Å². The highest BCUT2D eigenvalue weighted by atomic mass is 14.7. The number of pyridine rings is 1. The summed E-state index contributed by atoms with van der Waals surface area (Å²) in [5, 5.41) is 0. The molecule has 1 heteroatoms. The second-order valence-corrected chi connectivity index (χ2v) is 3.59. The van der Waals surface area contributed by atoms with Crippen LogP contribution in [-0.4, -0.2) is 4.98 Å². The quantitative estimate of drug-likeness (QED) is 0.640. The van der Waals surface area contributed by atoms with Gasteiger partial charge in [0.1, 0.15) is 0 Å². The Morgan fingerprint density at radius 1 is 1.54 bits per heavy atom. The summed E-state index contributed by atoms with van der Waals surface area (Å²) in [5.74, 6) is 0. The van der Waals surface area contributed by atoms with Crippen molar-refractivity contribution in [1.82, 2.24) is 4.98 Å². The predicted molar refractivity (Wildman–Crippen MR) is 56.7 cm³/mol. The van der Waals surface area contributed by atoms with Crippen LogP contribution in [0.1, 0.15) is 32.4 Å². The van der Waals surface area contributed by atoms with E-state index in [4.69, 9.17) is 0 Å². The van der Waals surface area contributed by atoms with Gasteiger partial charge in [0, 0.05) is 17.3 Å². The maximum atomic E-state index is 4.37. The Balaban J connectivity index is 2.95. The summed E-state index contributed by atoms with van der Waals surface area (Å²) in [6, 6.07) is 6.04. The van der Waals surface area contributed by atoms with Crippen molar-refractivity contribution in [2.75, 3.05) is 0 Å². The second-order valence-electron chi connectivity index (χ2n) is 3.59. The minimum Gasteiger partial charge on any atom is -0.260 e. The van der Waals surface area contributed by atoms with Crippen LogP contribution in [0.4, 0.5) is 0 Å². The van der Waals surface area contributed by atoms with Gasteiger partial charge < -0.3 is 0 Å². The Hall–Kier alpha value is -1.11. The molecule has 1 aromatic heterocycles. The number of hydrogen-bond donors (Lipinski definition) is 0. The van der Waals surface area contributed by atoms with E-state index in [0.29, 0.717) is 0 Å². The SMILES string of the molecule is C=CC(C)(CCC)c1ccccn1. The summed E-state index contributed by atoms with van der Waals surface area (Å²) in [6.07, 6.45) is 6.10. The number of hydrogen-bond acceptors (Lipinski definition) is 1. The summed E-state index contributed by atoms with van der Waals surface area (Å²) in [4.78, 5) is 4.37. The van der Waals surface area contributed by atoms with Gasteiger partial charge in [0.05, 0.1) is 0 Å². The van der Waals surface area contributed by atoms with Crippen molar-refractivity contribution in [3.05, 3.63) is 42.7 Å². The first-order chi connectivity index (χ1) is 6.23. The van der Waals surface area contributed by atoms with Gasteiger partial charge in [-0.25, -0.2) is 0 Å². The van der Waals surface area contributed by atoms with Crippen LogP contribution in [0.25, 0.3) is 0 Å². The molecule has 0 bridgehead atoms. The summed E-state index contributed by atoms with van der Waals surface area (Å²) >= 11 is 0. The molecular formula is C12H17N. The van der Waals surface area contributed by atoms with Crippen LogP contribution in [0.5, 0.6) is 0 Å². The second kappa shape index (κ2) is 4.22. The summed E-state index contributed by atoms with van der Waals surface area (Å²) in [6.45, 7) is 8.26. The molecule has 0 aromatic carbocycles. The number of rotatable bonds is 4. The highest BCUT2D eigenvalue weighted by molar-refractivity contribution is 5.21. The fourth-order valence-corrected chi connectivity index (χ4v) is 1.55.